The predicted molar refractivity (Wildman–Crippen MR) is 142 cm³/mol. The Hall–Kier alpha value is -4.97. The van der Waals surface area contributed by atoms with Crippen LogP contribution in [0.4, 0.5) is 0 Å². The number of ether oxygens (including phenoxy) is 4. The second kappa shape index (κ2) is 10.4. The summed E-state index contributed by atoms with van der Waals surface area (Å²) in [7, 11) is 4.63. The molecule has 12 heteroatoms. The van der Waals surface area contributed by atoms with Crippen molar-refractivity contribution < 1.29 is 28.0 Å². The number of hydrogen-bond acceptors (Lipinski definition) is 12. The van der Waals surface area contributed by atoms with Gasteiger partial charge in [0.15, 0.2) is 23.1 Å². The van der Waals surface area contributed by atoms with Crippen LogP contribution in [-0.4, -0.2) is 46.6 Å². The maximum atomic E-state index is 5.90. The van der Waals surface area contributed by atoms with Gasteiger partial charge in [0.05, 0.1) is 31.5 Å². The van der Waals surface area contributed by atoms with E-state index < -0.39 is 0 Å². The highest BCUT2D eigenvalue weighted by Gasteiger charge is 2.20. The van der Waals surface area contributed by atoms with Crippen LogP contribution < -0.4 is 18.9 Å². The van der Waals surface area contributed by atoms with Crippen LogP contribution in [-0.2, 0) is 6.61 Å². The Labute approximate surface area is 225 Å². The molecule has 0 saturated carbocycles. The van der Waals surface area contributed by atoms with Gasteiger partial charge in [-0.15, -0.1) is 11.3 Å². The topological polar surface area (TPSA) is 128 Å². The van der Waals surface area contributed by atoms with Crippen LogP contribution in [0.25, 0.3) is 44.0 Å². The normalized spacial score (nSPS) is 11.1. The summed E-state index contributed by atoms with van der Waals surface area (Å²) in [6, 6.07) is 18.7. The van der Waals surface area contributed by atoms with E-state index in [-0.39, 0.29) is 6.61 Å². The van der Waals surface area contributed by atoms with Gasteiger partial charge < -0.3 is 28.0 Å². The summed E-state index contributed by atoms with van der Waals surface area (Å²) in [4.78, 5) is 13.6. The molecule has 0 bridgehead atoms. The van der Waals surface area contributed by atoms with Gasteiger partial charge in [0.1, 0.15) is 5.75 Å². The lowest BCUT2D eigenvalue weighted by atomic mass is 10.2. The number of nitrogens with zero attached hydrogens (tertiary/aromatic N) is 5. The molecular weight excluding hydrogens is 522 g/mol. The Morgan fingerprint density at radius 1 is 0.744 bits per heavy atom. The van der Waals surface area contributed by atoms with Crippen molar-refractivity contribution in [3.63, 3.8) is 0 Å². The van der Waals surface area contributed by atoms with Crippen molar-refractivity contribution in [2.75, 3.05) is 21.3 Å². The summed E-state index contributed by atoms with van der Waals surface area (Å²) < 4.78 is 33.9. The highest BCUT2D eigenvalue weighted by atomic mass is 32.1. The number of hydrogen-bond donors (Lipinski definition) is 0. The number of rotatable bonds is 9. The second-order valence-corrected chi connectivity index (χ2v) is 9.19. The minimum atomic E-state index is 0.163. The number of benzene rings is 3. The first-order valence-electron chi connectivity index (χ1n) is 11.7. The zero-order chi connectivity index (χ0) is 26.8. The van der Waals surface area contributed by atoms with Crippen LogP contribution >= 0.6 is 11.3 Å². The summed E-state index contributed by atoms with van der Waals surface area (Å²) in [5, 5.41) is 8.74. The number of fused-ring (bicyclic) bond motifs is 1. The summed E-state index contributed by atoms with van der Waals surface area (Å²) in [6.45, 7) is 0.163. The van der Waals surface area contributed by atoms with Gasteiger partial charge in [0.2, 0.25) is 17.4 Å². The molecule has 0 aliphatic carbocycles. The number of methoxy groups -OCH3 is 3. The van der Waals surface area contributed by atoms with Crippen molar-refractivity contribution >= 4 is 21.6 Å². The lowest BCUT2D eigenvalue weighted by Gasteiger charge is -2.12. The third-order valence-electron chi connectivity index (χ3n) is 5.75. The molecule has 6 rings (SSSR count). The Bertz CT molecular complexity index is 1720. The maximum Gasteiger partial charge on any atom is 0.258 e. The molecule has 0 fully saturated rings. The van der Waals surface area contributed by atoms with Gasteiger partial charge in [-0.1, -0.05) is 28.5 Å². The molecular formula is C27H21N5O6S. The molecule has 0 atom stereocenters. The lowest BCUT2D eigenvalue weighted by molar-refractivity contribution is 0.287. The molecule has 196 valence electrons. The van der Waals surface area contributed by atoms with E-state index in [0.29, 0.717) is 57.0 Å². The first-order chi connectivity index (χ1) is 19.1. The zero-order valence-electron chi connectivity index (χ0n) is 21.1. The first kappa shape index (κ1) is 24.4. The third-order valence-corrected chi connectivity index (χ3v) is 6.76. The van der Waals surface area contributed by atoms with Crippen molar-refractivity contribution in [3.8, 4) is 56.7 Å². The zero-order valence-corrected chi connectivity index (χ0v) is 21.9. The van der Waals surface area contributed by atoms with Crippen molar-refractivity contribution in [2.45, 2.75) is 6.61 Å². The van der Waals surface area contributed by atoms with E-state index in [0.717, 1.165) is 15.8 Å². The molecule has 3 aromatic heterocycles. The van der Waals surface area contributed by atoms with Gasteiger partial charge in [-0.3, -0.25) is 0 Å². The molecule has 0 spiro atoms. The van der Waals surface area contributed by atoms with Crippen LogP contribution in [0.5, 0.6) is 23.0 Å². The Morgan fingerprint density at radius 3 is 2.23 bits per heavy atom. The minimum absolute atomic E-state index is 0.163. The summed E-state index contributed by atoms with van der Waals surface area (Å²) in [5.74, 6) is 3.64. The number of thiazole rings is 1. The van der Waals surface area contributed by atoms with E-state index in [1.165, 1.54) is 11.3 Å². The molecule has 6 aromatic rings. The van der Waals surface area contributed by atoms with Crippen LogP contribution in [0, 0.1) is 0 Å². The minimum Gasteiger partial charge on any atom is -0.493 e. The van der Waals surface area contributed by atoms with E-state index in [1.807, 2.05) is 48.5 Å². The largest absolute Gasteiger partial charge is 0.493 e. The molecule has 0 aliphatic rings. The lowest BCUT2D eigenvalue weighted by Crippen LogP contribution is -1.97. The van der Waals surface area contributed by atoms with Crippen molar-refractivity contribution in [3.05, 3.63) is 66.5 Å². The smallest absolute Gasteiger partial charge is 0.258 e. The molecule has 0 amide bonds. The Morgan fingerprint density at radius 2 is 1.49 bits per heavy atom. The van der Waals surface area contributed by atoms with E-state index >= 15 is 0 Å². The number of aromatic nitrogens is 5. The van der Waals surface area contributed by atoms with Crippen molar-refractivity contribution in [2.24, 2.45) is 0 Å². The molecule has 0 unspecified atom stereocenters. The molecule has 3 aromatic carbocycles. The van der Waals surface area contributed by atoms with Gasteiger partial charge in [0, 0.05) is 11.1 Å². The standard InChI is InChI=1S/C27H21N5O6S/c1-33-19-11-16(12-20(34-2)23(19)35-3)26-30-24(32-38-26)27-28-18-10-9-17(13-21(18)39-27)36-14-22-29-25(37-31-22)15-7-5-4-6-8-15/h4-13H,14H2,1-3H3. The predicted octanol–water partition coefficient (Wildman–Crippen LogP) is 5.67. The second-order valence-electron chi connectivity index (χ2n) is 8.16. The Kier molecular flexibility index (Phi) is 6.51. The molecule has 3 heterocycles. The maximum absolute atomic E-state index is 5.90. The van der Waals surface area contributed by atoms with E-state index in [9.17, 15) is 0 Å². The first-order valence-corrected chi connectivity index (χ1v) is 12.5. The molecule has 39 heavy (non-hydrogen) atoms. The van der Waals surface area contributed by atoms with Gasteiger partial charge in [-0.2, -0.15) is 9.97 Å². The van der Waals surface area contributed by atoms with E-state index in [1.54, 1.807) is 33.5 Å². The highest BCUT2D eigenvalue weighted by molar-refractivity contribution is 7.21. The molecule has 0 radical (unpaired) electrons. The summed E-state index contributed by atoms with van der Waals surface area (Å²) in [6.07, 6.45) is 0. The Balaban J connectivity index is 1.20. The van der Waals surface area contributed by atoms with Gasteiger partial charge >= 0.3 is 0 Å². The van der Waals surface area contributed by atoms with Crippen LogP contribution in [0.1, 0.15) is 5.82 Å². The average molecular weight is 544 g/mol. The van der Waals surface area contributed by atoms with Gasteiger partial charge in [-0.05, 0) is 42.5 Å². The fourth-order valence-corrected chi connectivity index (χ4v) is 4.80. The SMILES string of the molecule is COc1cc(-c2nc(-c3nc4ccc(OCc5noc(-c6ccccc6)n5)cc4s3)no2)cc(OC)c1OC. The van der Waals surface area contributed by atoms with Crippen molar-refractivity contribution in [1.82, 2.24) is 25.3 Å². The monoisotopic (exact) mass is 543 g/mol. The van der Waals surface area contributed by atoms with Crippen molar-refractivity contribution in [1.29, 1.82) is 0 Å². The summed E-state index contributed by atoms with van der Waals surface area (Å²) >= 11 is 1.42. The fraction of sp³-hybridized carbons (Fsp3) is 0.148. The van der Waals surface area contributed by atoms with Crippen LogP contribution in [0.3, 0.4) is 0 Å². The van der Waals surface area contributed by atoms with Gasteiger partial charge in [-0.25, -0.2) is 4.98 Å². The molecule has 11 nitrogen and oxygen atoms in total. The van der Waals surface area contributed by atoms with E-state index in [4.69, 9.17) is 28.0 Å². The van der Waals surface area contributed by atoms with E-state index in [2.05, 4.69) is 25.3 Å². The molecule has 0 N–H and O–H groups in total. The molecule has 0 aliphatic heterocycles. The highest BCUT2D eigenvalue weighted by Crippen LogP contribution is 2.41. The quantitative estimate of drug-likeness (QED) is 0.224. The summed E-state index contributed by atoms with van der Waals surface area (Å²) in [5.41, 5.74) is 2.26. The van der Waals surface area contributed by atoms with Crippen LogP contribution in [0.15, 0.2) is 69.7 Å². The third kappa shape index (κ3) is 4.84. The average Bonchev–Trinajstić information content (AvgIpc) is 3.75. The molecule has 0 saturated heterocycles. The van der Waals surface area contributed by atoms with Gasteiger partial charge in [0.25, 0.3) is 11.8 Å². The fourth-order valence-electron chi connectivity index (χ4n) is 3.88. The van der Waals surface area contributed by atoms with Crippen LogP contribution in [0.2, 0.25) is 0 Å².